The maximum atomic E-state index is 13.3. The van der Waals surface area contributed by atoms with E-state index in [-0.39, 0.29) is 12.4 Å². The van der Waals surface area contributed by atoms with Crippen molar-refractivity contribution >= 4 is 12.1 Å². The molecule has 0 aromatic heterocycles. The van der Waals surface area contributed by atoms with Crippen molar-refractivity contribution in [3.8, 4) is 0 Å². The lowest BCUT2D eigenvalue weighted by molar-refractivity contribution is -0.109. The zero-order chi connectivity index (χ0) is 14.4. The third-order valence-corrected chi connectivity index (χ3v) is 2.85. The Kier molecular flexibility index (Phi) is 5.68. The number of carbonyl (C=O) groups is 1. The fourth-order valence-electron chi connectivity index (χ4n) is 1.89. The number of aliphatic hydroxyl groups excluding tert-OH is 1. The molecule has 1 aliphatic rings. The predicted octanol–water partition coefficient (Wildman–Crippen LogP) is 0.111. The normalized spacial score (nSPS) is 13.3. The minimum absolute atomic E-state index is 0.0943. The molecule has 6 nitrogen and oxygen atoms in total. The molecule has 1 aliphatic carbocycles. The Bertz CT molecular complexity index is 413. The monoisotopic (exact) mass is 270 g/mol. The van der Waals surface area contributed by atoms with Gasteiger partial charge in [-0.1, -0.05) is 0 Å². The Morgan fingerprint density at radius 2 is 2.16 bits per heavy atom. The molecule has 7 heteroatoms. The topological polar surface area (TPSA) is 105 Å². The summed E-state index contributed by atoms with van der Waals surface area (Å²) in [4.78, 5) is 8.94. The largest absolute Gasteiger partial charge is 0.392 e. The van der Waals surface area contributed by atoms with Crippen molar-refractivity contribution in [1.82, 2.24) is 5.43 Å². The Labute approximate surface area is 111 Å². The van der Waals surface area contributed by atoms with E-state index in [1.807, 2.05) is 0 Å². The van der Waals surface area contributed by atoms with Gasteiger partial charge in [0.25, 0.3) is 0 Å². The lowest BCUT2D eigenvalue weighted by Gasteiger charge is -2.19. The van der Waals surface area contributed by atoms with Gasteiger partial charge in [0.05, 0.1) is 12.3 Å². The Morgan fingerprint density at radius 3 is 2.53 bits per heavy atom. The molecule has 1 amide bonds. The molecule has 0 saturated heterocycles. The summed E-state index contributed by atoms with van der Waals surface area (Å²) in [6.07, 6.45) is 2.55. The van der Waals surface area contributed by atoms with Crippen LogP contribution >= 0.6 is 0 Å². The minimum Gasteiger partial charge on any atom is -0.392 e. The van der Waals surface area contributed by atoms with Crippen LogP contribution in [0.4, 0.5) is 10.1 Å². The van der Waals surface area contributed by atoms with Crippen molar-refractivity contribution in [2.45, 2.75) is 25.4 Å². The molecule has 1 aromatic carbocycles. The van der Waals surface area contributed by atoms with Gasteiger partial charge < -0.3 is 10.1 Å². The molecule has 19 heavy (non-hydrogen) atoms. The van der Waals surface area contributed by atoms with E-state index in [9.17, 15) is 9.50 Å². The summed E-state index contributed by atoms with van der Waals surface area (Å²) in [6, 6.07) is 2.87. The number of hydrazine groups is 2. The Morgan fingerprint density at radius 1 is 1.58 bits per heavy atom. The molecule has 0 unspecified atom stereocenters. The number of nitrogens with one attached hydrogen (secondary N) is 1. The Hall–Kier alpha value is -1.70. The van der Waals surface area contributed by atoms with Gasteiger partial charge in [-0.25, -0.2) is 16.1 Å². The van der Waals surface area contributed by atoms with Gasteiger partial charge in [0, 0.05) is 12.6 Å². The van der Waals surface area contributed by atoms with Gasteiger partial charge >= 0.3 is 0 Å². The molecule has 0 aliphatic heterocycles. The third-order valence-electron chi connectivity index (χ3n) is 2.85. The first-order valence-electron chi connectivity index (χ1n) is 5.86. The van der Waals surface area contributed by atoms with E-state index in [0.29, 0.717) is 18.0 Å². The highest BCUT2D eigenvalue weighted by Crippen LogP contribution is 2.43. The molecule has 1 fully saturated rings. The van der Waals surface area contributed by atoms with E-state index in [2.05, 4.69) is 5.84 Å². The van der Waals surface area contributed by atoms with Crippen LogP contribution in [-0.2, 0) is 11.4 Å². The van der Waals surface area contributed by atoms with Crippen molar-refractivity contribution in [3.05, 3.63) is 29.1 Å². The average molecular weight is 270 g/mol. The van der Waals surface area contributed by atoms with Gasteiger partial charge in [-0.2, -0.15) is 0 Å². The van der Waals surface area contributed by atoms with E-state index in [0.717, 1.165) is 24.0 Å². The lowest BCUT2D eigenvalue weighted by atomic mass is 10.0. The van der Waals surface area contributed by atoms with Crippen LogP contribution in [0.5, 0.6) is 0 Å². The first-order chi connectivity index (χ1) is 9.04. The molecule has 1 saturated carbocycles. The van der Waals surface area contributed by atoms with Gasteiger partial charge in [-0.3, -0.25) is 10.2 Å². The summed E-state index contributed by atoms with van der Waals surface area (Å²) in [5.74, 6) is 10.1. The van der Waals surface area contributed by atoms with Crippen molar-refractivity contribution in [1.29, 1.82) is 0 Å². The van der Waals surface area contributed by atoms with Crippen LogP contribution in [0, 0.1) is 5.82 Å². The maximum Gasteiger partial charge on any atom is 0.221 e. The zero-order valence-corrected chi connectivity index (χ0v) is 10.8. The van der Waals surface area contributed by atoms with Gasteiger partial charge in [0.1, 0.15) is 5.82 Å². The van der Waals surface area contributed by atoms with Gasteiger partial charge in [0.15, 0.2) is 0 Å². The lowest BCUT2D eigenvalue weighted by Crippen LogP contribution is -2.27. The summed E-state index contributed by atoms with van der Waals surface area (Å²) in [6.45, 7) is -0.0943. The predicted molar refractivity (Wildman–Crippen MR) is 70.3 cm³/mol. The Balaban J connectivity index is 0.000000399. The fourth-order valence-corrected chi connectivity index (χ4v) is 1.89. The average Bonchev–Trinajstić information content (AvgIpc) is 3.22. The number of rotatable bonds is 4. The third kappa shape index (κ3) is 4.16. The number of hydrogen-bond donors (Lipinski definition) is 4. The molecule has 0 atom stereocenters. The van der Waals surface area contributed by atoms with Gasteiger partial charge in [0.2, 0.25) is 6.41 Å². The molecule has 1 aromatic rings. The number of nitrogens with two attached hydrogens (primary N) is 2. The summed E-state index contributed by atoms with van der Waals surface area (Å²) < 4.78 is 13.3. The van der Waals surface area contributed by atoms with Crippen molar-refractivity contribution in [2.24, 2.45) is 11.7 Å². The molecule has 0 radical (unpaired) electrons. The second-order valence-electron chi connectivity index (χ2n) is 4.32. The molecular formula is C12H19FN4O2. The first-order valence-corrected chi connectivity index (χ1v) is 5.86. The minimum atomic E-state index is -0.290. The summed E-state index contributed by atoms with van der Waals surface area (Å²) in [7, 11) is 1.64. The molecule has 6 N–H and O–H groups in total. The van der Waals surface area contributed by atoms with Crippen molar-refractivity contribution < 1.29 is 14.3 Å². The summed E-state index contributed by atoms with van der Waals surface area (Å²) in [5, 5.41) is 10.7. The fraction of sp³-hybridized carbons (Fsp3) is 0.417. The van der Waals surface area contributed by atoms with Crippen LogP contribution < -0.4 is 22.1 Å². The highest BCUT2D eigenvalue weighted by molar-refractivity contribution is 5.57. The number of benzene rings is 1. The van der Waals surface area contributed by atoms with Crippen LogP contribution in [0.1, 0.15) is 29.9 Å². The standard InChI is InChI=1S/C11H15FN2O.CH4N2O/c1-14(13)11-5-8(12)4-9(7-2-3-7)10(11)6-15;2-3-1-4/h4-5,7,15H,2-3,6,13H2,1H3;1H,2H2,(H,3,4). The maximum absolute atomic E-state index is 13.3. The second-order valence-corrected chi connectivity index (χ2v) is 4.32. The summed E-state index contributed by atoms with van der Waals surface area (Å²) in [5.41, 5.74) is 3.98. The van der Waals surface area contributed by atoms with Crippen molar-refractivity contribution in [2.75, 3.05) is 12.1 Å². The summed E-state index contributed by atoms with van der Waals surface area (Å²) >= 11 is 0. The first kappa shape index (κ1) is 15.4. The van der Waals surface area contributed by atoms with Crippen molar-refractivity contribution in [3.63, 3.8) is 0 Å². The molecule has 106 valence electrons. The van der Waals surface area contributed by atoms with Crippen LogP contribution in [0.25, 0.3) is 0 Å². The van der Waals surface area contributed by atoms with Crippen LogP contribution in [-0.4, -0.2) is 18.6 Å². The van der Waals surface area contributed by atoms with E-state index in [4.69, 9.17) is 10.6 Å². The highest BCUT2D eigenvalue weighted by Gasteiger charge is 2.28. The van der Waals surface area contributed by atoms with Gasteiger partial charge in [-0.15, -0.1) is 0 Å². The van der Waals surface area contributed by atoms with Crippen LogP contribution in [0.2, 0.25) is 0 Å². The number of nitrogens with zero attached hydrogens (tertiary/aromatic N) is 1. The number of carbonyl (C=O) groups excluding carboxylic acids is 1. The highest BCUT2D eigenvalue weighted by atomic mass is 19.1. The molecule has 0 heterocycles. The van der Waals surface area contributed by atoms with E-state index >= 15 is 0 Å². The number of halogens is 1. The zero-order valence-electron chi connectivity index (χ0n) is 10.8. The van der Waals surface area contributed by atoms with Crippen LogP contribution in [0.15, 0.2) is 12.1 Å². The van der Waals surface area contributed by atoms with E-state index < -0.39 is 0 Å². The second kappa shape index (κ2) is 7.03. The molecule has 0 bridgehead atoms. The quantitative estimate of drug-likeness (QED) is 0.269. The number of aliphatic hydroxyl groups is 1. The molecule has 2 rings (SSSR count). The van der Waals surface area contributed by atoms with E-state index in [1.54, 1.807) is 12.5 Å². The molecular weight excluding hydrogens is 251 g/mol. The molecule has 0 spiro atoms. The van der Waals surface area contributed by atoms with E-state index in [1.165, 1.54) is 17.1 Å². The number of amides is 1. The smallest absolute Gasteiger partial charge is 0.221 e. The van der Waals surface area contributed by atoms with Gasteiger partial charge in [-0.05, 0) is 36.5 Å². The van der Waals surface area contributed by atoms with Crippen LogP contribution in [0.3, 0.4) is 0 Å². The number of hydrogen-bond acceptors (Lipinski definition) is 5. The SMILES string of the molecule is CN(N)c1cc(F)cc(C2CC2)c1CO.NNC=O. The number of anilines is 1.